The summed E-state index contributed by atoms with van der Waals surface area (Å²) in [6.45, 7) is 1.75. The van der Waals surface area contributed by atoms with Crippen molar-refractivity contribution in [1.29, 1.82) is 0 Å². The second kappa shape index (κ2) is 6.82. The lowest BCUT2D eigenvalue weighted by Crippen LogP contribution is -2.08. The lowest BCUT2D eigenvalue weighted by molar-refractivity contribution is -0.136. The van der Waals surface area contributed by atoms with Crippen LogP contribution in [0.2, 0.25) is 0 Å². The smallest absolute Gasteiger partial charge is 0.308 e. The molecule has 1 aromatic heterocycles. The van der Waals surface area contributed by atoms with Crippen LogP contribution in [0, 0.1) is 0 Å². The number of thiazole rings is 1. The number of carbonyl (C=O) groups is 2. The van der Waals surface area contributed by atoms with Gasteiger partial charge in [-0.1, -0.05) is 35.0 Å². The Labute approximate surface area is 134 Å². The number of rotatable bonds is 5. The predicted octanol–water partition coefficient (Wildman–Crippen LogP) is 3.55. The average Bonchev–Trinajstić information content (AvgIpc) is 2.81. The highest BCUT2D eigenvalue weighted by Gasteiger charge is 2.16. The van der Waals surface area contributed by atoms with Gasteiger partial charge in [0.25, 0.3) is 0 Å². The lowest BCUT2D eigenvalue weighted by atomic mass is 10.1. The van der Waals surface area contributed by atoms with Crippen molar-refractivity contribution in [2.75, 3.05) is 5.32 Å². The number of carboxylic acids is 1. The Bertz CT molecular complexity index is 667. The van der Waals surface area contributed by atoms with Crippen LogP contribution in [0.15, 0.2) is 28.7 Å². The van der Waals surface area contributed by atoms with E-state index < -0.39 is 5.97 Å². The molecule has 0 bridgehead atoms. The van der Waals surface area contributed by atoms with E-state index in [2.05, 4.69) is 26.2 Å². The van der Waals surface area contributed by atoms with Crippen molar-refractivity contribution in [3.8, 4) is 11.3 Å². The van der Waals surface area contributed by atoms with Gasteiger partial charge in [-0.3, -0.25) is 9.59 Å². The summed E-state index contributed by atoms with van der Waals surface area (Å²) >= 11 is 4.55. The molecule has 110 valence electrons. The van der Waals surface area contributed by atoms with Crippen LogP contribution in [0.5, 0.6) is 0 Å². The van der Waals surface area contributed by atoms with E-state index in [4.69, 9.17) is 5.11 Å². The Morgan fingerprint density at radius 1 is 1.33 bits per heavy atom. The quantitative estimate of drug-likeness (QED) is 0.845. The SMILES string of the molecule is CCC(=O)Nc1nc(-c2ccc(Br)cc2)c(CC(=O)O)s1. The van der Waals surface area contributed by atoms with Crippen LogP contribution in [0.25, 0.3) is 11.3 Å². The summed E-state index contributed by atoms with van der Waals surface area (Å²) in [5.41, 5.74) is 1.42. The number of nitrogens with one attached hydrogen (secondary N) is 1. The van der Waals surface area contributed by atoms with E-state index in [1.54, 1.807) is 6.92 Å². The molecule has 0 aliphatic rings. The van der Waals surface area contributed by atoms with Crippen molar-refractivity contribution in [3.63, 3.8) is 0 Å². The molecule has 7 heteroatoms. The number of hydrogen-bond donors (Lipinski definition) is 2. The summed E-state index contributed by atoms with van der Waals surface area (Å²) in [5, 5.41) is 12.1. The summed E-state index contributed by atoms with van der Waals surface area (Å²) in [5.74, 6) is -1.07. The zero-order valence-electron chi connectivity index (χ0n) is 11.2. The van der Waals surface area contributed by atoms with E-state index in [9.17, 15) is 9.59 Å². The first kappa shape index (κ1) is 15.7. The number of aliphatic carboxylic acids is 1. The van der Waals surface area contributed by atoms with Gasteiger partial charge in [0.05, 0.1) is 12.1 Å². The number of amides is 1. The molecule has 2 rings (SSSR count). The number of halogens is 1. The average molecular weight is 369 g/mol. The molecule has 0 aliphatic heterocycles. The molecule has 0 saturated heterocycles. The molecule has 0 unspecified atom stereocenters. The van der Waals surface area contributed by atoms with Gasteiger partial charge in [-0.2, -0.15) is 0 Å². The van der Waals surface area contributed by atoms with Crippen LogP contribution >= 0.6 is 27.3 Å². The van der Waals surface area contributed by atoms with Gasteiger partial charge in [0, 0.05) is 21.3 Å². The predicted molar refractivity (Wildman–Crippen MR) is 85.5 cm³/mol. The molecular formula is C14H13BrN2O3S. The fourth-order valence-electron chi connectivity index (χ4n) is 1.70. The molecule has 0 radical (unpaired) electrons. The van der Waals surface area contributed by atoms with Gasteiger partial charge in [0.1, 0.15) is 0 Å². The second-order valence-electron chi connectivity index (χ2n) is 4.27. The first-order chi connectivity index (χ1) is 9.99. The minimum Gasteiger partial charge on any atom is -0.481 e. The van der Waals surface area contributed by atoms with Gasteiger partial charge in [-0.05, 0) is 12.1 Å². The molecule has 5 nitrogen and oxygen atoms in total. The monoisotopic (exact) mass is 368 g/mol. The van der Waals surface area contributed by atoms with Gasteiger partial charge in [0.2, 0.25) is 5.91 Å². The highest BCUT2D eigenvalue weighted by molar-refractivity contribution is 9.10. The molecule has 0 atom stereocenters. The van der Waals surface area contributed by atoms with Crippen LogP contribution in [0.4, 0.5) is 5.13 Å². The van der Waals surface area contributed by atoms with Crippen LogP contribution < -0.4 is 5.32 Å². The Morgan fingerprint density at radius 2 is 2.00 bits per heavy atom. The van der Waals surface area contributed by atoms with Crippen LogP contribution in [-0.4, -0.2) is 22.0 Å². The first-order valence-electron chi connectivity index (χ1n) is 6.27. The summed E-state index contributed by atoms with van der Waals surface area (Å²) in [4.78, 5) is 27.4. The van der Waals surface area contributed by atoms with Crippen molar-refractivity contribution in [2.24, 2.45) is 0 Å². The third-order valence-electron chi connectivity index (χ3n) is 2.69. The number of carboxylic acid groups (broad SMARTS) is 1. The lowest BCUT2D eigenvalue weighted by Gasteiger charge is -2.00. The Balaban J connectivity index is 2.39. The third kappa shape index (κ3) is 4.12. The number of aromatic nitrogens is 1. The molecule has 0 fully saturated rings. The molecule has 2 aromatic rings. The van der Waals surface area contributed by atoms with Gasteiger partial charge in [-0.15, -0.1) is 11.3 Å². The number of nitrogens with zero attached hydrogens (tertiary/aromatic N) is 1. The Morgan fingerprint density at radius 3 is 2.57 bits per heavy atom. The topological polar surface area (TPSA) is 79.3 Å². The van der Waals surface area contributed by atoms with E-state index in [1.165, 1.54) is 11.3 Å². The highest BCUT2D eigenvalue weighted by atomic mass is 79.9. The van der Waals surface area contributed by atoms with E-state index in [0.29, 0.717) is 22.1 Å². The van der Waals surface area contributed by atoms with Crippen molar-refractivity contribution in [3.05, 3.63) is 33.6 Å². The number of hydrogen-bond acceptors (Lipinski definition) is 4. The van der Waals surface area contributed by atoms with Crippen LogP contribution in [0.3, 0.4) is 0 Å². The molecular weight excluding hydrogens is 356 g/mol. The molecule has 1 aromatic carbocycles. The van der Waals surface area contributed by atoms with Gasteiger partial charge in [0.15, 0.2) is 5.13 Å². The Kier molecular flexibility index (Phi) is 5.08. The number of benzene rings is 1. The first-order valence-corrected chi connectivity index (χ1v) is 7.87. The molecule has 21 heavy (non-hydrogen) atoms. The van der Waals surface area contributed by atoms with Crippen molar-refractivity contribution in [2.45, 2.75) is 19.8 Å². The number of carbonyl (C=O) groups excluding carboxylic acids is 1. The van der Waals surface area contributed by atoms with Gasteiger partial charge >= 0.3 is 5.97 Å². The molecule has 0 aliphatic carbocycles. The maximum Gasteiger partial charge on any atom is 0.308 e. The minimum atomic E-state index is -0.926. The fraction of sp³-hybridized carbons (Fsp3) is 0.214. The maximum absolute atomic E-state index is 11.4. The molecule has 0 spiro atoms. The zero-order chi connectivity index (χ0) is 15.4. The second-order valence-corrected chi connectivity index (χ2v) is 6.27. The standard InChI is InChI=1S/C14H13BrN2O3S/c1-2-11(18)16-14-17-13(10(21-14)7-12(19)20)8-3-5-9(15)6-4-8/h3-6H,2,7H2,1H3,(H,19,20)(H,16,17,18). The molecule has 0 saturated carbocycles. The normalized spacial score (nSPS) is 10.4. The molecule has 2 N–H and O–H groups in total. The largest absolute Gasteiger partial charge is 0.481 e. The zero-order valence-corrected chi connectivity index (χ0v) is 13.6. The summed E-state index contributed by atoms with van der Waals surface area (Å²) in [6, 6.07) is 7.44. The third-order valence-corrected chi connectivity index (χ3v) is 4.19. The van der Waals surface area contributed by atoms with Crippen molar-refractivity contribution >= 4 is 44.3 Å². The van der Waals surface area contributed by atoms with E-state index in [-0.39, 0.29) is 12.3 Å². The molecule has 1 heterocycles. The summed E-state index contributed by atoms with van der Waals surface area (Å²) in [6.07, 6.45) is 0.229. The minimum absolute atomic E-state index is 0.120. The van der Waals surface area contributed by atoms with E-state index in [0.717, 1.165) is 10.0 Å². The summed E-state index contributed by atoms with van der Waals surface area (Å²) < 4.78 is 0.931. The van der Waals surface area contributed by atoms with Crippen molar-refractivity contribution < 1.29 is 14.7 Å². The highest BCUT2D eigenvalue weighted by Crippen LogP contribution is 2.32. The van der Waals surface area contributed by atoms with Crippen LogP contribution in [0.1, 0.15) is 18.2 Å². The van der Waals surface area contributed by atoms with Gasteiger partial charge in [-0.25, -0.2) is 4.98 Å². The Hall–Kier alpha value is -1.73. The van der Waals surface area contributed by atoms with Crippen molar-refractivity contribution in [1.82, 2.24) is 4.98 Å². The number of anilines is 1. The molecule has 1 amide bonds. The van der Waals surface area contributed by atoms with Gasteiger partial charge < -0.3 is 10.4 Å². The van der Waals surface area contributed by atoms with Crippen LogP contribution in [-0.2, 0) is 16.0 Å². The summed E-state index contributed by atoms with van der Waals surface area (Å²) in [7, 11) is 0. The van der Waals surface area contributed by atoms with E-state index in [1.807, 2.05) is 24.3 Å². The van der Waals surface area contributed by atoms with E-state index >= 15 is 0 Å². The fourth-order valence-corrected chi connectivity index (χ4v) is 2.96. The maximum atomic E-state index is 11.4.